The summed E-state index contributed by atoms with van der Waals surface area (Å²) in [7, 11) is 0. The van der Waals surface area contributed by atoms with Gasteiger partial charge in [-0.25, -0.2) is 0 Å². The van der Waals surface area contributed by atoms with Crippen LogP contribution in [0.4, 0.5) is 0 Å². The van der Waals surface area contributed by atoms with E-state index in [-0.39, 0.29) is 6.04 Å². The van der Waals surface area contributed by atoms with Crippen molar-refractivity contribution in [2.24, 2.45) is 5.73 Å². The number of rotatable bonds is 2. The van der Waals surface area contributed by atoms with Gasteiger partial charge in [0.05, 0.1) is 11.6 Å². The van der Waals surface area contributed by atoms with Crippen LogP contribution in [0.15, 0.2) is 48.8 Å². The summed E-state index contributed by atoms with van der Waals surface area (Å²) in [4.78, 5) is 8.69. The molecule has 0 radical (unpaired) electrons. The van der Waals surface area contributed by atoms with Gasteiger partial charge in [-0.15, -0.1) is 0 Å². The van der Waals surface area contributed by atoms with Crippen LogP contribution in [-0.4, -0.2) is 9.97 Å². The van der Waals surface area contributed by atoms with Crippen LogP contribution in [0.3, 0.4) is 0 Å². The normalized spacial score (nSPS) is 12.6. The average Bonchev–Trinajstić information content (AvgIpc) is 2.46. The lowest BCUT2D eigenvalue weighted by Crippen LogP contribution is -2.13. The molecule has 3 heteroatoms. The van der Waals surface area contributed by atoms with E-state index in [1.54, 1.807) is 6.20 Å². The summed E-state index contributed by atoms with van der Waals surface area (Å²) in [5.41, 5.74) is 11.7. The Balaban J connectivity index is 2.06. The predicted octanol–water partition coefficient (Wildman–Crippen LogP) is 3.29. The number of fused-ring (bicyclic) bond motifs is 1. The van der Waals surface area contributed by atoms with Crippen LogP contribution in [0.2, 0.25) is 0 Å². The van der Waals surface area contributed by atoms with E-state index in [1.165, 1.54) is 0 Å². The number of hydrogen-bond acceptors (Lipinski definition) is 3. The number of pyridine rings is 2. The fourth-order valence-corrected chi connectivity index (χ4v) is 2.42. The summed E-state index contributed by atoms with van der Waals surface area (Å²) >= 11 is 0. The molecule has 2 aromatic heterocycles. The lowest BCUT2D eigenvalue weighted by molar-refractivity contribution is 0.854. The fourth-order valence-electron chi connectivity index (χ4n) is 2.42. The minimum absolute atomic E-state index is 0.158. The van der Waals surface area contributed by atoms with Gasteiger partial charge >= 0.3 is 0 Å². The highest BCUT2D eigenvalue weighted by Crippen LogP contribution is 2.24. The van der Waals surface area contributed by atoms with E-state index in [0.717, 1.165) is 33.3 Å². The second-order valence-corrected chi connectivity index (χ2v) is 5.11. The van der Waals surface area contributed by atoms with Crippen molar-refractivity contribution < 1.29 is 0 Å². The molecule has 3 aromatic rings. The van der Waals surface area contributed by atoms with Crippen molar-refractivity contribution in [2.45, 2.75) is 19.9 Å². The predicted molar refractivity (Wildman–Crippen MR) is 81.5 cm³/mol. The first-order chi connectivity index (χ1) is 9.65. The molecule has 0 aliphatic heterocycles. The third-order valence-electron chi connectivity index (χ3n) is 3.63. The Kier molecular flexibility index (Phi) is 3.20. The van der Waals surface area contributed by atoms with Crippen LogP contribution in [0.5, 0.6) is 0 Å². The Morgan fingerprint density at radius 1 is 1.05 bits per heavy atom. The van der Waals surface area contributed by atoms with E-state index in [4.69, 9.17) is 5.73 Å². The number of benzene rings is 1. The van der Waals surface area contributed by atoms with Crippen molar-refractivity contribution >= 4 is 10.9 Å². The van der Waals surface area contributed by atoms with Crippen LogP contribution in [0.1, 0.15) is 28.4 Å². The lowest BCUT2D eigenvalue weighted by Gasteiger charge is -2.15. The van der Waals surface area contributed by atoms with Crippen LogP contribution < -0.4 is 5.73 Å². The van der Waals surface area contributed by atoms with Gasteiger partial charge in [0.25, 0.3) is 0 Å². The molecule has 0 saturated heterocycles. The van der Waals surface area contributed by atoms with Gasteiger partial charge in [-0.05, 0) is 54.8 Å². The molecule has 0 spiro atoms. The highest BCUT2D eigenvalue weighted by Gasteiger charge is 2.12. The van der Waals surface area contributed by atoms with Crippen LogP contribution in [0.25, 0.3) is 10.9 Å². The Labute approximate surface area is 118 Å². The molecule has 20 heavy (non-hydrogen) atoms. The van der Waals surface area contributed by atoms with Crippen molar-refractivity contribution in [1.29, 1.82) is 0 Å². The number of aromatic nitrogens is 2. The first-order valence-electron chi connectivity index (χ1n) is 6.68. The van der Waals surface area contributed by atoms with Crippen molar-refractivity contribution in [3.63, 3.8) is 0 Å². The first-order valence-corrected chi connectivity index (χ1v) is 6.68. The zero-order valence-electron chi connectivity index (χ0n) is 11.7. The molecule has 0 amide bonds. The number of hydrogen-bond donors (Lipinski definition) is 1. The van der Waals surface area contributed by atoms with Crippen LogP contribution in [0, 0.1) is 13.8 Å². The SMILES string of the molecule is Cc1ccc2cc(C(N)c3cnccc3C)ccc2n1. The monoisotopic (exact) mass is 263 g/mol. The molecule has 3 nitrogen and oxygen atoms in total. The molecule has 2 heterocycles. The van der Waals surface area contributed by atoms with Gasteiger partial charge < -0.3 is 5.73 Å². The Hall–Kier alpha value is -2.26. The maximum absolute atomic E-state index is 6.38. The molecule has 0 bridgehead atoms. The molecule has 0 aliphatic carbocycles. The maximum Gasteiger partial charge on any atom is 0.0705 e. The quantitative estimate of drug-likeness (QED) is 0.771. The number of aryl methyl sites for hydroxylation is 2. The molecule has 100 valence electrons. The first kappa shape index (κ1) is 12.8. The lowest BCUT2D eigenvalue weighted by atomic mass is 9.96. The molecule has 2 N–H and O–H groups in total. The van der Waals surface area contributed by atoms with E-state index in [0.29, 0.717) is 0 Å². The van der Waals surface area contributed by atoms with Crippen molar-refractivity contribution in [1.82, 2.24) is 9.97 Å². The average molecular weight is 263 g/mol. The molecular weight excluding hydrogens is 246 g/mol. The largest absolute Gasteiger partial charge is 0.320 e. The summed E-state index contributed by atoms with van der Waals surface area (Å²) < 4.78 is 0. The topological polar surface area (TPSA) is 51.8 Å². The molecular formula is C17H17N3. The van der Waals surface area contributed by atoms with E-state index in [1.807, 2.05) is 37.4 Å². The van der Waals surface area contributed by atoms with Crippen LogP contribution in [-0.2, 0) is 0 Å². The smallest absolute Gasteiger partial charge is 0.0705 e. The van der Waals surface area contributed by atoms with Gasteiger partial charge in [-0.1, -0.05) is 12.1 Å². The zero-order valence-corrected chi connectivity index (χ0v) is 11.7. The zero-order chi connectivity index (χ0) is 14.1. The van der Waals surface area contributed by atoms with Crippen molar-refractivity contribution in [2.75, 3.05) is 0 Å². The van der Waals surface area contributed by atoms with Crippen molar-refractivity contribution in [3.8, 4) is 0 Å². The summed E-state index contributed by atoms with van der Waals surface area (Å²) in [6.07, 6.45) is 3.64. The van der Waals surface area contributed by atoms with Gasteiger partial charge in [0.1, 0.15) is 0 Å². The standard InChI is InChI=1S/C17H17N3/c1-11-7-8-19-10-15(11)17(18)14-5-6-16-13(9-14)4-3-12(2)20-16/h3-10,17H,18H2,1-2H3. The van der Waals surface area contributed by atoms with E-state index in [9.17, 15) is 0 Å². The highest BCUT2D eigenvalue weighted by molar-refractivity contribution is 5.79. The minimum atomic E-state index is -0.158. The highest BCUT2D eigenvalue weighted by atomic mass is 14.7. The van der Waals surface area contributed by atoms with Gasteiger partial charge in [-0.3, -0.25) is 9.97 Å². The van der Waals surface area contributed by atoms with Gasteiger partial charge in [0.2, 0.25) is 0 Å². The number of nitrogens with two attached hydrogens (primary N) is 1. The fraction of sp³-hybridized carbons (Fsp3) is 0.176. The third kappa shape index (κ3) is 2.28. The molecule has 1 aromatic carbocycles. The van der Waals surface area contributed by atoms with E-state index < -0.39 is 0 Å². The molecule has 3 rings (SSSR count). The molecule has 1 unspecified atom stereocenters. The molecule has 0 fully saturated rings. The summed E-state index contributed by atoms with van der Waals surface area (Å²) in [6.45, 7) is 4.06. The minimum Gasteiger partial charge on any atom is -0.320 e. The summed E-state index contributed by atoms with van der Waals surface area (Å²) in [5.74, 6) is 0. The second-order valence-electron chi connectivity index (χ2n) is 5.11. The summed E-state index contributed by atoms with van der Waals surface area (Å²) in [5, 5.41) is 1.12. The molecule has 0 aliphatic rings. The van der Waals surface area contributed by atoms with E-state index >= 15 is 0 Å². The Morgan fingerprint density at radius 3 is 2.70 bits per heavy atom. The maximum atomic E-state index is 6.38. The van der Waals surface area contributed by atoms with Gasteiger partial charge in [0, 0.05) is 23.5 Å². The molecule has 1 atom stereocenters. The number of nitrogens with zero attached hydrogens (tertiary/aromatic N) is 2. The van der Waals surface area contributed by atoms with Gasteiger partial charge in [0.15, 0.2) is 0 Å². The third-order valence-corrected chi connectivity index (χ3v) is 3.63. The Bertz CT molecular complexity index is 765. The molecule has 0 saturated carbocycles. The van der Waals surface area contributed by atoms with E-state index in [2.05, 4.69) is 29.0 Å². The van der Waals surface area contributed by atoms with Crippen LogP contribution >= 0.6 is 0 Å². The summed E-state index contributed by atoms with van der Waals surface area (Å²) in [6, 6.07) is 12.1. The van der Waals surface area contributed by atoms with Crippen molar-refractivity contribution in [3.05, 3.63) is 71.2 Å². The second kappa shape index (κ2) is 5.02. The van der Waals surface area contributed by atoms with Gasteiger partial charge in [-0.2, -0.15) is 0 Å². The Morgan fingerprint density at radius 2 is 1.90 bits per heavy atom.